The molecule has 1 atom stereocenters. The number of esters is 1. The summed E-state index contributed by atoms with van der Waals surface area (Å²) in [7, 11) is 0. The standard InChI is InChI=1S/C21H36BrCl3O2/c1-2-3-4-5-6-7-8-9-10-11-12-13-14-15-16-17-27-21(26)18(22)19(23)20(24)25/h18H,2-17H2,1H3. The molecular formula is C21H36BrCl3O2. The van der Waals surface area contributed by atoms with Gasteiger partial charge in [0.2, 0.25) is 0 Å². The van der Waals surface area contributed by atoms with E-state index in [0.29, 0.717) is 6.61 Å². The quantitative estimate of drug-likeness (QED) is 0.105. The summed E-state index contributed by atoms with van der Waals surface area (Å²) in [6.45, 7) is 2.67. The van der Waals surface area contributed by atoms with Gasteiger partial charge in [0.1, 0.15) is 9.32 Å². The van der Waals surface area contributed by atoms with E-state index in [0.717, 1.165) is 12.8 Å². The zero-order valence-electron chi connectivity index (χ0n) is 16.7. The van der Waals surface area contributed by atoms with Crippen LogP contribution in [0.25, 0.3) is 0 Å². The van der Waals surface area contributed by atoms with Crippen LogP contribution in [0, 0.1) is 0 Å². The molecule has 0 heterocycles. The van der Waals surface area contributed by atoms with E-state index in [1.54, 1.807) is 0 Å². The highest BCUT2D eigenvalue weighted by Crippen LogP contribution is 2.26. The Morgan fingerprint density at radius 2 is 1.11 bits per heavy atom. The summed E-state index contributed by atoms with van der Waals surface area (Å²) in [5.74, 6) is -0.454. The van der Waals surface area contributed by atoms with Crippen molar-refractivity contribution in [3.8, 4) is 0 Å². The fourth-order valence-corrected chi connectivity index (χ4v) is 3.85. The van der Waals surface area contributed by atoms with Crippen LogP contribution in [0.2, 0.25) is 0 Å². The number of unbranched alkanes of at least 4 members (excludes halogenated alkanes) is 14. The van der Waals surface area contributed by atoms with Crippen LogP contribution < -0.4 is 0 Å². The van der Waals surface area contributed by atoms with E-state index in [-0.39, 0.29) is 9.52 Å². The Morgan fingerprint density at radius 1 is 0.741 bits per heavy atom. The molecule has 0 aromatic rings. The summed E-state index contributed by atoms with van der Waals surface area (Å²) in [6.07, 6.45) is 19.6. The minimum absolute atomic E-state index is 0.0554. The van der Waals surface area contributed by atoms with Crippen LogP contribution in [0.4, 0.5) is 0 Å². The van der Waals surface area contributed by atoms with Crippen LogP contribution in [0.5, 0.6) is 0 Å². The Morgan fingerprint density at radius 3 is 1.48 bits per heavy atom. The smallest absolute Gasteiger partial charge is 0.325 e. The molecular weight excluding hydrogens is 470 g/mol. The average molecular weight is 507 g/mol. The maximum absolute atomic E-state index is 11.7. The molecule has 0 spiro atoms. The Labute approximate surface area is 189 Å². The Hall–Kier alpha value is 0.560. The van der Waals surface area contributed by atoms with Gasteiger partial charge in [-0.2, -0.15) is 0 Å². The minimum atomic E-state index is -0.791. The molecule has 0 aliphatic heterocycles. The normalized spacial score (nSPS) is 12.0. The van der Waals surface area contributed by atoms with Gasteiger partial charge in [0.05, 0.1) is 11.6 Å². The van der Waals surface area contributed by atoms with Crippen LogP contribution in [-0.4, -0.2) is 17.4 Å². The fraction of sp³-hybridized carbons (Fsp3) is 0.857. The van der Waals surface area contributed by atoms with Crippen LogP contribution >= 0.6 is 50.7 Å². The van der Waals surface area contributed by atoms with Gasteiger partial charge in [0, 0.05) is 0 Å². The van der Waals surface area contributed by atoms with E-state index in [4.69, 9.17) is 39.5 Å². The predicted octanol–water partition coefficient (Wildman–Crippen LogP) is 9.05. The van der Waals surface area contributed by atoms with Gasteiger partial charge >= 0.3 is 5.97 Å². The molecule has 27 heavy (non-hydrogen) atoms. The molecule has 0 rings (SSSR count). The SMILES string of the molecule is CCCCCCCCCCCCCCCCCOC(=O)C(Br)C(Cl)=C(Cl)Cl. The second-order valence-corrected chi connectivity index (χ2v) is 9.36. The highest BCUT2D eigenvalue weighted by Gasteiger charge is 2.22. The van der Waals surface area contributed by atoms with Crippen LogP contribution in [0.15, 0.2) is 9.52 Å². The van der Waals surface area contributed by atoms with Gasteiger partial charge < -0.3 is 4.74 Å². The van der Waals surface area contributed by atoms with Crippen molar-refractivity contribution in [2.45, 2.75) is 108 Å². The van der Waals surface area contributed by atoms with E-state index in [2.05, 4.69) is 22.9 Å². The molecule has 0 bridgehead atoms. The number of hydrogen-bond donors (Lipinski definition) is 0. The van der Waals surface area contributed by atoms with Crippen molar-refractivity contribution in [3.63, 3.8) is 0 Å². The summed E-state index contributed by atoms with van der Waals surface area (Å²) in [5, 5.41) is 0.0554. The first kappa shape index (κ1) is 27.6. The van der Waals surface area contributed by atoms with E-state index < -0.39 is 10.8 Å². The minimum Gasteiger partial charge on any atom is -0.465 e. The van der Waals surface area contributed by atoms with Gasteiger partial charge in [0.15, 0.2) is 0 Å². The molecule has 0 saturated heterocycles. The second-order valence-electron chi connectivity index (χ2n) is 7.09. The van der Waals surface area contributed by atoms with Crippen molar-refractivity contribution in [1.29, 1.82) is 0 Å². The lowest BCUT2D eigenvalue weighted by Gasteiger charge is -2.09. The predicted molar refractivity (Wildman–Crippen MR) is 123 cm³/mol. The third kappa shape index (κ3) is 17.2. The lowest BCUT2D eigenvalue weighted by molar-refractivity contribution is -0.142. The van der Waals surface area contributed by atoms with Crippen LogP contribution in [-0.2, 0) is 9.53 Å². The van der Waals surface area contributed by atoms with E-state index in [1.165, 1.54) is 83.5 Å². The number of rotatable bonds is 18. The van der Waals surface area contributed by atoms with Crippen molar-refractivity contribution < 1.29 is 9.53 Å². The van der Waals surface area contributed by atoms with Gasteiger partial charge in [-0.1, -0.05) is 148 Å². The average Bonchev–Trinajstić information content (AvgIpc) is 2.66. The van der Waals surface area contributed by atoms with Crippen molar-refractivity contribution in [1.82, 2.24) is 0 Å². The molecule has 0 saturated carbocycles. The molecule has 0 N–H and O–H groups in total. The summed E-state index contributed by atoms with van der Waals surface area (Å²) >= 11 is 20.0. The van der Waals surface area contributed by atoms with Crippen LogP contribution in [0.3, 0.4) is 0 Å². The maximum atomic E-state index is 11.7. The summed E-state index contributed by atoms with van der Waals surface area (Å²) in [5.41, 5.74) is 0. The first-order valence-corrected chi connectivity index (χ1v) is 12.6. The monoisotopic (exact) mass is 504 g/mol. The number of halogens is 4. The van der Waals surface area contributed by atoms with E-state index >= 15 is 0 Å². The second kappa shape index (κ2) is 19.9. The lowest BCUT2D eigenvalue weighted by atomic mass is 10.0. The Bertz CT molecular complexity index is 399. The molecule has 0 radical (unpaired) electrons. The maximum Gasteiger partial charge on any atom is 0.325 e. The zero-order valence-corrected chi connectivity index (χ0v) is 20.6. The molecule has 0 aromatic carbocycles. The lowest BCUT2D eigenvalue weighted by Crippen LogP contribution is -2.18. The molecule has 0 aliphatic carbocycles. The number of carbonyl (C=O) groups is 1. The molecule has 2 nitrogen and oxygen atoms in total. The van der Waals surface area contributed by atoms with E-state index in [1.807, 2.05) is 0 Å². The van der Waals surface area contributed by atoms with E-state index in [9.17, 15) is 4.79 Å². The van der Waals surface area contributed by atoms with Gasteiger partial charge in [-0.25, -0.2) is 0 Å². The first-order chi connectivity index (χ1) is 13.0. The highest BCUT2D eigenvalue weighted by atomic mass is 79.9. The summed E-state index contributed by atoms with van der Waals surface area (Å²) in [4.78, 5) is 10.9. The number of ether oxygens (including phenoxy) is 1. The topological polar surface area (TPSA) is 26.3 Å². The fourth-order valence-electron chi connectivity index (χ4n) is 2.92. The van der Waals surface area contributed by atoms with Crippen molar-refractivity contribution in [3.05, 3.63) is 9.52 Å². The summed E-state index contributed by atoms with van der Waals surface area (Å²) in [6, 6.07) is 0. The molecule has 1 unspecified atom stereocenters. The number of hydrogen-bond acceptors (Lipinski definition) is 2. The Kier molecular flexibility index (Phi) is 20.3. The largest absolute Gasteiger partial charge is 0.465 e. The molecule has 0 aromatic heterocycles. The third-order valence-electron chi connectivity index (χ3n) is 4.60. The van der Waals surface area contributed by atoms with Crippen molar-refractivity contribution in [2.24, 2.45) is 0 Å². The number of carbonyl (C=O) groups excluding carboxylic acids is 1. The molecule has 0 amide bonds. The van der Waals surface area contributed by atoms with Gasteiger partial charge in [0.25, 0.3) is 0 Å². The third-order valence-corrected chi connectivity index (χ3v) is 6.71. The zero-order chi connectivity index (χ0) is 20.3. The Balaban J connectivity index is 3.32. The summed E-state index contributed by atoms with van der Waals surface area (Å²) < 4.78 is 5.04. The van der Waals surface area contributed by atoms with Crippen LogP contribution in [0.1, 0.15) is 103 Å². The van der Waals surface area contributed by atoms with Gasteiger partial charge in [-0.3, -0.25) is 4.79 Å². The van der Waals surface area contributed by atoms with Gasteiger partial charge in [-0.15, -0.1) is 0 Å². The first-order valence-electron chi connectivity index (χ1n) is 10.5. The van der Waals surface area contributed by atoms with Crippen molar-refractivity contribution >= 4 is 56.7 Å². The van der Waals surface area contributed by atoms with Crippen molar-refractivity contribution in [2.75, 3.05) is 6.61 Å². The molecule has 0 fully saturated rings. The number of alkyl halides is 1. The molecule has 160 valence electrons. The molecule has 6 heteroatoms. The molecule has 0 aliphatic rings. The highest BCUT2D eigenvalue weighted by molar-refractivity contribution is 9.10. The van der Waals surface area contributed by atoms with Gasteiger partial charge in [-0.05, 0) is 6.42 Å².